The van der Waals surface area contributed by atoms with Gasteiger partial charge in [0.15, 0.2) is 0 Å². The summed E-state index contributed by atoms with van der Waals surface area (Å²) in [6.45, 7) is 0.318. The van der Waals surface area contributed by atoms with Crippen LogP contribution < -0.4 is 5.32 Å². The van der Waals surface area contributed by atoms with Crippen LogP contribution in [0, 0.1) is 0 Å². The number of para-hydroxylation sites is 2. The van der Waals surface area contributed by atoms with Crippen molar-refractivity contribution in [2.75, 3.05) is 0 Å². The number of nitrogens with zero attached hydrogens (tertiary/aromatic N) is 2. The van der Waals surface area contributed by atoms with E-state index in [1.807, 2.05) is 36.4 Å². The minimum atomic E-state index is 0.0351. The van der Waals surface area contributed by atoms with Gasteiger partial charge in [0.05, 0.1) is 17.1 Å². The molecule has 0 saturated heterocycles. The van der Waals surface area contributed by atoms with E-state index in [4.69, 9.17) is 16.6 Å². The predicted molar refractivity (Wildman–Crippen MR) is 102 cm³/mol. The predicted octanol–water partition coefficient (Wildman–Crippen LogP) is 4.37. The highest BCUT2D eigenvalue weighted by atomic mass is 35.5. The molecular weight excluding hydrogens is 346 g/mol. The number of hydrogen-bond donors (Lipinski definition) is 1. The summed E-state index contributed by atoms with van der Waals surface area (Å²) in [7, 11) is 0. The molecule has 2 aromatic carbocycles. The van der Waals surface area contributed by atoms with Gasteiger partial charge < -0.3 is 9.88 Å². The third kappa shape index (κ3) is 2.69. The van der Waals surface area contributed by atoms with Crippen LogP contribution in [-0.4, -0.2) is 15.5 Å². The summed E-state index contributed by atoms with van der Waals surface area (Å²) in [6, 6.07) is 14.1. The second-order valence-electron chi connectivity index (χ2n) is 7.29. The van der Waals surface area contributed by atoms with Gasteiger partial charge in [-0.3, -0.25) is 4.79 Å². The van der Waals surface area contributed by atoms with Crippen LogP contribution in [0.2, 0.25) is 5.02 Å². The van der Waals surface area contributed by atoms with Crippen LogP contribution in [0.1, 0.15) is 48.2 Å². The third-order valence-electron chi connectivity index (χ3n) is 5.48. The van der Waals surface area contributed by atoms with Gasteiger partial charge in [0.1, 0.15) is 12.4 Å². The van der Waals surface area contributed by atoms with Gasteiger partial charge in [-0.15, -0.1) is 0 Å². The monoisotopic (exact) mass is 365 g/mol. The van der Waals surface area contributed by atoms with Crippen molar-refractivity contribution < 1.29 is 4.79 Å². The summed E-state index contributed by atoms with van der Waals surface area (Å²) in [5.74, 6) is 1.59. The Morgan fingerprint density at radius 2 is 2.00 bits per heavy atom. The van der Waals surface area contributed by atoms with Crippen LogP contribution in [0.25, 0.3) is 11.0 Å². The van der Waals surface area contributed by atoms with E-state index in [9.17, 15) is 4.79 Å². The van der Waals surface area contributed by atoms with Crippen molar-refractivity contribution in [2.24, 2.45) is 0 Å². The van der Waals surface area contributed by atoms with Gasteiger partial charge in [0.25, 0.3) is 0 Å². The Labute approximate surface area is 157 Å². The smallest absolute Gasteiger partial charge is 0.240 e. The van der Waals surface area contributed by atoms with E-state index in [1.165, 1.54) is 18.4 Å². The Hall–Kier alpha value is -2.33. The van der Waals surface area contributed by atoms with Gasteiger partial charge in [0.2, 0.25) is 5.91 Å². The van der Waals surface area contributed by atoms with Crippen molar-refractivity contribution in [3.63, 3.8) is 0 Å². The molecule has 0 spiro atoms. The minimum Gasteiger partial charge on any atom is -0.348 e. The van der Waals surface area contributed by atoms with E-state index in [1.54, 1.807) is 0 Å². The Morgan fingerprint density at radius 1 is 1.15 bits per heavy atom. The maximum absolute atomic E-state index is 12.8. The zero-order chi connectivity index (χ0) is 17.7. The number of benzene rings is 2. The normalized spacial score (nSPS) is 18.9. The van der Waals surface area contributed by atoms with Gasteiger partial charge in [0, 0.05) is 10.9 Å². The van der Waals surface area contributed by atoms with Gasteiger partial charge in [-0.2, -0.15) is 0 Å². The molecule has 1 aromatic heterocycles. The average molecular weight is 366 g/mol. The number of rotatable bonds is 4. The summed E-state index contributed by atoms with van der Waals surface area (Å²) < 4.78 is 2.09. The van der Waals surface area contributed by atoms with Gasteiger partial charge in [-0.25, -0.2) is 4.98 Å². The molecular formula is C21H20ClN3O. The van der Waals surface area contributed by atoms with Crippen LogP contribution in [0.4, 0.5) is 0 Å². The van der Waals surface area contributed by atoms with E-state index in [-0.39, 0.29) is 11.9 Å². The summed E-state index contributed by atoms with van der Waals surface area (Å²) in [5.41, 5.74) is 4.34. The van der Waals surface area contributed by atoms with Crippen molar-refractivity contribution in [2.45, 2.75) is 44.2 Å². The van der Waals surface area contributed by atoms with E-state index >= 15 is 0 Å². The first kappa shape index (κ1) is 15.9. The standard InChI is InChI=1S/C21H20ClN3O/c22-16-5-3-4-15-14(16)10-11-17(15)23-20(26)12-25-19-7-2-1-6-18(19)24-21(25)13-8-9-13/h1-7,13,17H,8-12H2,(H,23,26). The molecule has 1 unspecified atom stereocenters. The summed E-state index contributed by atoms with van der Waals surface area (Å²) >= 11 is 6.29. The van der Waals surface area contributed by atoms with Gasteiger partial charge >= 0.3 is 0 Å². The van der Waals surface area contributed by atoms with Crippen LogP contribution >= 0.6 is 11.6 Å². The Balaban J connectivity index is 1.40. The topological polar surface area (TPSA) is 46.9 Å². The number of carbonyl (C=O) groups is 1. The molecule has 5 rings (SSSR count). The number of fused-ring (bicyclic) bond motifs is 2. The number of halogens is 1. The first-order chi connectivity index (χ1) is 12.7. The largest absolute Gasteiger partial charge is 0.348 e. The van der Waals surface area contributed by atoms with Crippen molar-refractivity contribution in [3.8, 4) is 0 Å². The fourth-order valence-corrected chi connectivity index (χ4v) is 4.33. The molecule has 1 saturated carbocycles. The molecule has 0 bridgehead atoms. The molecule has 0 radical (unpaired) electrons. The number of nitrogens with one attached hydrogen (secondary N) is 1. The van der Waals surface area contributed by atoms with Gasteiger partial charge in [-0.1, -0.05) is 35.9 Å². The maximum atomic E-state index is 12.8. The molecule has 2 aliphatic rings. The molecule has 1 fully saturated rings. The molecule has 1 N–H and O–H groups in total. The van der Waals surface area contributed by atoms with E-state index < -0.39 is 0 Å². The van der Waals surface area contributed by atoms with Crippen molar-refractivity contribution in [1.29, 1.82) is 0 Å². The number of aromatic nitrogens is 2. The molecule has 1 amide bonds. The quantitative estimate of drug-likeness (QED) is 0.746. The zero-order valence-electron chi connectivity index (χ0n) is 14.4. The Kier molecular flexibility index (Phi) is 3.75. The molecule has 132 valence electrons. The lowest BCUT2D eigenvalue weighted by Gasteiger charge is -2.16. The van der Waals surface area contributed by atoms with Crippen LogP contribution in [0.3, 0.4) is 0 Å². The molecule has 3 aromatic rings. The maximum Gasteiger partial charge on any atom is 0.240 e. The molecule has 1 atom stereocenters. The lowest BCUT2D eigenvalue weighted by molar-refractivity contribution is -0.122. The number of imidazole rings is 1. The molecule has 2 aliphatic carbocycles. The number of hydrogen-bond acceptors (Lipinski definition) is 2. The molecule has 5 heteroatoms. The fraction of sp³-hybridized carbons (Fsp3) is 0.333. The van der Waals surface area contributed by atoms with Crippen molar-refractivity contribution >= 4 is 28.5 Å². The van der Waals surface area contributed by atoms with Crippen molar-refractivity contribution in [1.82, 2.24) is 14.9 Å². The van der Waals surface area contributed by atoms with E-state index in [0.717, 1.165) is 40.3 Å². The van der Waals surface area contributed by atoms with E-state index in [0.29, 0.717) is 12.5 Å². The highest BCUT2D eigenvalue weighted by Gasteiger charge is 2.31. The molecule has 4 nitrogen and oxygen atoms in total. The molecule has 1 heterocycles. The van der Waals surface area contributed by atoms with Crippen molar-refractivity contribution in [3.05, 3.63) is 64.4 Å². The van der Waals surface area contributed by atoms with Gasteiger partial charge in [-0.05, 0) is 55.0 Å². The minimum absolute atomic E-state index is 0.0351. The zero-order valence-corrected chi connectivity index (χ0v) is 15.2. The first-order valence-corrected chi connectivity index (χ1v) is 9.60. The Bertz CT molecular complexity index is 1010. The Morgan fingerprint density at radius 3 is 2.85 bits per heavy atom. The molecule has 26 heavy (non-hydrogen) atoms. The summed E-state index contributed by atoms with van der Waals surface area (Å²) in [6.07, 6.45) is 4.16. The average Bonchev–Trinajstić information content (AvgIpc) is 3.31. The SMILES string of the molecule is O=C(Cn1c(C2CC2)nc2ccccc21)NC1CCc2c(Cl)cccc21. The van der Waals surface area contributed by atoms with Crippen LogP contribution in [0.5, 0.6) is 0 Å². The molecule has 0 aliphatic heterocycles. The van der Waals surface area contributed by atoms with Crippen LogP contribution in [0.15, 0.2) is 42.5 Å². The highest BCUT2D eigenvalue weighted by molar-refractivity contribution is 6.31. The number of amides is 1. The first-order valence-electron chi connectivity index (χ1n) is 9.22. The number of carbonyl (C=O) groups excluding carboxylic acids is 1. The second-order valence-corrected chi connectivity index (χ2v) is 7.69. The fourth-order valence-electron chi connectivity index (χ4n) is 4.06. The lowest BCUT2D eigenvalue weighted by Crippen LogP contribution is -2.31. The van der Waals surface area contributed by atoms with Crippen LogP contribution in [-0.2, 0) is 17.8 Å². The second kappa shape index (κ2) is 6.13. The highest BCUT2D eigenvalue weighted by Crippen LogP contribution is 2.41. The summed E-state index contributed by atoms with van der Waals surface area (Å²) in [4.78, 5) is 17.6. The summed E-state index contributed by atoms with van der Waals surface area (Å²) in [5, 5.41) is 4.01. The van der Waals surface area contributed by atoms with E-state index in [2.05, 4.69) is 16.0 Å². The third-order valence-corrected chi connectivity index (χ3v) is 5.83. The lowest BCUT2D eigenvalue weighted by atomic mass is 10.1.